The number of methoxy groups -OCH3 is 1. The molecule has 0 radical (unpaired) electrons. The number of nitrogens with zero attached hydrogens (tertiary/aromatic N) is 1. The minimum Gasteiger partial charge on any atom is -0.497 e. The standard InChI is InChI=1S/C22H18ClNO6/c1-28-15-5-6-16-14(10-21(26)30-19(16)11-15)12-29-22(27)13-4-7-17(23)18(9-13)24-8-2-3-20(24)25/h4-7,9-11H,2-3,8,12H2,1H3. The maximum Gasteiger partial charge on any atom is 0.338 e. The molecule has 0 bridgehead atoms. The molecule has 0 unspecified atom stereocenters. The number of amides is 1. The van der Waals surface area contributed by atoms with E-state index in [2.05, 4.69) is 0 Å². The Morgan fingerprint density at radius 1 is 1.17 bits per heavy atom. The molecule has 0 saturated carbocycles. The number of esters is 1. The smallest absolute Gasteiger partial charge is 0.338 e. The average molecular weight is 428 g/mol. The number of rotatable bonds is 5. The second-order valence-corrected chi connectivity index (χ2v) is 7.25. The van der Waals surface area contributed by atoms with Crippen LogP contribution in [0, 0.1) is 0 Å². The van der Waals surface area contributed by atoms with Crippen LogP contribution in [-0.4, -0.2) is 25.5 Å². The zero-order chi connectivity index (χ0) is 21.3. The molecule has 1 aliphatic rings. The summed E-state index contributed by atoms with van der Waals surface area (Å²) in [5.41, 5.74) is 1.06. The Kier molecular flexibility index (Phi) is 5.46. The fourth-order valence-corrected chi connectivity index (χ4v) is 3.65. The molecule has 2 heterocycles. The van der Waals surface area contributed by atoms with Crippen LogP contribution < -0.4 is 15.3 Å². The summed E-state index contributed by atoms with van der Waals surface area (Å²) in [6, 6.07) is 11.0. The summed E-state index contributed by atoms with van der Waals surface area (Å²) >= 11 is 6.23. The van der Waals surface area contributed by atoms with Gasteiger partial charge in [0, 0.05) is 36.0 Å². The molecule has 1 aromatic heterocycles. The van der Waals surface area contributed by atoms with E-state index in [1.807, 2.05) is 0 Å². The number of hydrogen-bond acceptors (Lipinski definition) is 6. The number of fused-ring (bicyclic) bond motifs is 1. The normalized spacial score (nSPS) is 13.7. The molecule has 0 spiro atoms. The molecular formula is C22H18ClNO6. The molecule has 1 amide bonds. The van der Waals surface area contributed by atoms with E-state index in [1.165, 1.54) is 19.2 Å². The van der Waals surface area contributed by atoms with E-state index in [0.717, 1.165) is 6.42 Å². The molecule has 1 fully saturated rings. The number of carbonyl (C=O) groups excluding carboxylic acids is 2. The Morgan fingerprint density at radius 3 is 2.73 bits per heavy atom. The molecule has 8 heteroatoms. The highest BCUT2D eigenvalue weighted by molar-refractivity contribution is 6.34. The van der Waals surface area contributed by atoms with Crippen LogP contribution in [0.15, 0.2) is 51.7 Å². The number of halogens is 1. The number of hydrogen-bond donors (Lipinski definition) is 0. The summed E-state index contributed by atoms with van der Waals surface area (Å²) in [4.78, 5) is 38.1. The lowest BCUT2D eigenvalue weighted by molar-refractivity contribution is -0.117. The van der Waals surface area contributed by atoms with Crippen molar-refractivity contribution in [3.8, 4) is 5.75 Å². The summed E-state index contributed by atoms with van der Waals surface area (Å²) in [7, 11) is 1.51. The van der Waals surface area contributed by atoms with Gasteiger partial charge >= 0.3 is 11.6 Å². The second kappa shape index (κ2) is 8.20. The molecule has 30 heavy (non-hydrogen) atoms. The highest BCUT2D eigenvalue weighted by Gasteiger charge is 2.24. The van der Waals surface area contributed by atoms with E-state index in [-0.39, 0.29) is 18.1 Å². The van der Waals surface area contributed by atoms with Crippen molar-refractivity contribution in [2.75, 3.05) is 18.6 Å². The predicted molar refractivity (Wildman–Crippen MR) is 111 cm³/mol. The Labute approximate surface area is 176 Å². The Morgan fingerprint density at radius 2 is 2.00 bits per heavy atom. The molecule has 4 rings (SSSR count). The Balaban J connectivity index is 1.57. The zero-order valence-electron chi connectivity index (χ0n) is 16.1. The van der Waals surface area contributed by atoms with E-state index in [0.29, 0.717) is 46.0 Å². The molecule has 0 N–H and O–H groups in total. The van der Waals surface area contributed by atoms with Gasteiger partial charge in [0.15, 0.2) is 0 Å². The van der Waals surface area contributed by atoms with Crippen LogP contribution in [0.2, 0.25) is 5.02 Å². The van der Waals surface area contributed by atoms with Crippen molar-refractivity contribution in [2.24, 2.45) is 0 Å². The fourth-order valence-electron chi connectivity index (χ4n) is 3.43. The largest absolute Gasteiger partial charge is 0.497 e. The molecular weight excluding hydrogens is 410 g/mol. The van der Waals surface area contributed by atoms with Crippen LogP contribution in [-0.2, 0) is 16.1 Å². The van der Waals surface area contributed by atoms with Crippen molar-refractivity contribution >= 4 is 40.1 Å². The summed E-state index contributed by atoms with van der Waals surface area (Å²) in [6.45, 7) is 0.445. The molecule has 1 saturated heterocycles. The first-order valence-electron chi connectivity index (χ1n) is 9.34. The van der Waals surface area contributed by atoms with Crippen molar-refractivity contribution in [3.63, 3.8) is 0 Å². The third-order valence-corrected chi connectivity index (χ3v) is 5.26. The number of ether oxygens (including phenoxy) is 2. The van der Waals surface area contributed by atoms with Crippen molar-refractivity contribution in [2.45, 2.75) is 19.4 Å². The van der Waals surface area contributed by atoms with Crippen molar-refractivity contribution in [1.29, 1.82) is 0 Å². The summed E-state index contributed by atoms with van der Waals surface area (Å²) in [6.07, 6.45) is 1.21. The summed E-state index contributed by atoms with van der Waals surface area (Å²) < 4.78 is 15.8. The van der Waals surface area contributed by atoms with Crippen LogP contribution in [0.1, 0.15) is 28.8 Å². The highest BCUT2D eigenvalue weighted by atomic mass is 35.5. The maximum atomic E-state index is 12.6. The molecule has 0 aliphatic carbocycles. The van der Waals surface area contributed by atoms with Gasteiger partial charge in [0.25, 0.3) is 0 Å². The third kappa shape index (κ3) is 3.89. The van der Waals surface area contributed by atoms with Crippen LogP contribution in [0.3, 0.4) is 0 Å². The quantitative estimate of drug-likeness (QED) is 0.453. The monoisotopic (exact) mass is 427 g/mol. The zero-order valence-corrected chi connectivity index (χ0v) is 16.9. The summed E-state index contributed by atoms with van der Waals surface area (Å²) in [5, 5.41) is 1.03. The van der Waals surface area contributed by atoms with Crippen molar-refractivity contribution in [1.82, 2.24) is 0 Å². The van der Waals surface area contributed by atoms with E-state index in [9.17, 15) is 14.4 Å². The minimum atomic E-state index is -0.588. The average Bonchev–Trinajstić information content (AvgIpc) is 3.17. The Hall–Kier alpha value is -3.32. The van der Waals surface area contributed by atoms with Crippen LogP contribution >= 0.6 is 11.6 Å². The first-order valence-corrected chi connectivity index (χ1v) is 9.72. The van der Waals surface area contributed by atoms with Gasteiger partial charge in [0.05, 0.1) is 23.4 Å². The number of carbonyl (C=O) groups is 2. The lowest BCUT2D eigenvalue weighted by Crippen LogP contribution is -2.24. The molecule has 0 atom stereocenters. The van der Waals surface area contributed by atoms with E-state index >= 15 is 0 Å². The van der Waals surface area contributed by atoms with E-state index < -0.39 is 11.6 Å². The number of anilines is 1. The van der Waals surface area contributed by atoms with Gasteiger partial charge in [-0.15, -0.1) is 0 Å². The molecule has 3 aromatic rings. The van der Waals surface area contributed by atoms with Gasteiger partial charge < -0.3 is 18.8 Å². The third-order valence-electron chi connectivity index (χ3n) is 4.94. The van der Waals surface area contributed by atoms with Gasteiger partial charge in [0.1, 0.15) is 17.9 Å². The molecule has 154 valence electrons. The summed E-state index contributed by atoms with van der Waals surface area (Å²) in [5.74, 6) is -0.0697. The van der Waals surface area contributed by atoms with E-state index in [4.69, 9.17) is 25.5 Å². The first kappa shape index (κ1) is 20.0. The predicted octanol–water partition coefficient (Wildman–Crippen LogP) is 3.94. The van der Waals surface area contributed by atoms with Gasteiger partial charge in [-0.2, -0.15) is 0 Å². The number of benzene rings is 2. The van der Waals surface area contributed by atoms with Gasteiger partial charge in [0.2, 0.25) is 5.91 Å². The molecule has 2 aromatic carbocycles. The van der Waals surface area contributed by atoms with Gasteiger partial charge in [-0.1, -0.05) is 11.6 Å². The van der Waals surface area contributed by atoms with Gasteiger partial charge in [-0.05, 0) is 36.8 Å². The van der Waals surface area contributed by atoms with Gasteiger partial charge in [-0.25, -0.2) is 9.59 Å². The van der Waals surface area contributed by atoms with Crippen molar-refractivity contribution < 1.29 is 23.5 Å². The highest BCUT2D eigenvalue weighted by Crippen LogP contribution is 2.31. The SMILES string of the molecule is COc1ccc2c(COC(=O)c3ccc(Cl)c(N4CCCC4=O)c3)cc(=O)oc2c1. The molecule has 1 aliphatic heterocycles. The van der Waals surface area contributed by atoms with Crippen molar-refractivity contribution in [3.05, 3.63) is 69.0 Å². The van der Waals surface area contributed by atoms with Crippen LogP contribution in [0.25, 0.3) is 11.0 Å². The second-order valence-electron chi connectivity index (χ2n) is 6.84. The van der Waals surface area contributed by atoms with Gasteiger partial charge in [-0.3, -0.25) is 4.79 Å². The Bertz CT molecular complexity index is 1200. The lowest BCUT2D eigenvalue weighted by atomic mass is 10.1. The minimum absolute atomic E-state index is 0.0275. The lowest BCUT2D eigenvalue weighted by Gasteiger charge is -2.18. The topological polar surface area (TPSA) is 86.0 Å². The first-order chi connectivity index (χ1) is 14.5. The van der Waals surface area contributed by atoms with Crippen LogP contribution in [0.5, 0.6) is 5.75 Å². The van der Waals surface area contributed by atoms with Crippen LogP contribution in [0.4, 0.5) is 5.69 Å². The molecule has 7 nitrogen and oxygen atoms in total. The maximum absolute atomic E-state index is 12.6. The fraction of sp³-hybridized carbons (Fsp3) is 0.227. The van der Waals surface area contributed by atoms with E-state index in [1.54, 1.807) is 35.2 Å².